The Hall–Kier alpha value is -3.18. The van der Waals surface area contributed by atoms with E-state index in [1.165, 1.54) is 22.6 Å². The molecule has 0 aromatic heterocycles. The summed E-state index contributed by atoms with van der Waals surface area (Å²) in [5.74, 6) is 0.170. The molecule has 5 heteroatoms. The Labute approximate surface area is 170 Å². The molecular formula is C24H26FN2O2+. The molecule has 4 nitrogen and oxygen atoms in total. The third kappa shape index (κ3) is 6.16. The number of carbonyl (C=O) groups excluding carboxylic acids is 1. The Morgan fingerprint density at radius 1 is 0.966 bits per heavy atom. The fourth-order valence-corrected chi connectivity index (χ4v) is 3.04. The summed E-state index contributed by atoms with van der Waals surface area (Å²) in [7, 11) is 4.21. The van der Waals surface area contributed by atoms with Gasteiger partial charge in [0.15, 0.2) is 0 Å². The van der Waals surface area contributed by atoms with E-state index in [9.17, 15) is 9.18 Å². The molecule has 0 saturated heterocycles. The van der Waals surface area contributed by atoms with Crippen LogP contribution in [0.1, 0.15) is 27.0 Å². The van der Waals surface area contributed by atoms with Gasteiger partial charge >= 0.3 is 0 Å². The lowest BCUT2D eigenvalue weighted by atomic mass is 10.1. The zero-order valence-electron chi connectivity index (χ0n) is 16.7. The summed E-state index contributed by atoms with van der Waals surface area (Å²) in [6.45, 7) is 1.69. The summed E-state index contributed by atoms with van der Waals surface area (Å²) in [5, 5.41) is 2.99. The highest BCUT2D eigenvalue weighted by Gasteiger charge is 2.10. The maximum absolute atomic E-state index is 13.0. The molecule has 0 spiro atoms. The fourth-order valence-electron chi connectivity index (χ4n) is 3.04. The van der Waals surface area contributed by atoms with Crippen LogP contribution in [-0.4, -0.2) is 20.0 Å². The van der Waals surface area contributed by atoms with Crippen molar-refractivity contribution in [3.05, 3.63) is 101 Å². The Morgan fingerprint density at radius 2 is 1.69 bits per heavy atom. The molecule has 0 bridgehead atoms. The summed E-state index contributed by atoms with van der Waals surface area (Å²) < 4.78 is 18.7. The molecule has 150 valence electrons. The Balaban J connectivity index is 1.60. The molecule has 29 heavy (non-hydrogen) atoms. The third-order valence-corrected chi connectivity index (χ3v) is 4.52. The van der Waals surface area contributed by atoms with Crippen molar-refractivity contribution in [1.82, 2.24) is 5.32 Å². The van der Waals surface area contributed by atoms with Crippen molar-refractivity contribution >= 4 is 5.91 Å². The highest BCUT2D eigenvalue weighted by Crippen LogP contribution is 2.16. The van der Waals surface area contributed by atoms with Gasteiger partial charge < -0.3 is 15.0 Å². The van der Waals surface area contributed by atoms with Gasteiger partial charge in [0.05, 0.1) is 14.1 Å². The summed E-state index contributed by atoms with van der Waals surface area (Å²) in [6, 6.07) is 21.4. The van der Waals surface area contributed by atoms with Gasteiger partial charge in [-0.05, 0) is 41.5 Å². The number of amides is 1. The number of ether oxygens (including phenoxy) is 1. The van der Waals surface area contributed by atoms with Crippen LogP contribution in [-0.2, 0) is 19.7 Å². The topological polar surface area (TPSA) is 42.8 Å². The van der Waals surface area contributed by atoms with Crippen LogP contribution in [0.3, 0.4) is 0 Å². The number of hydrogen-bond acceptors (Lipinski definition) is 2. The smallest absolute Gasteiger partial charge is 0.251 e. The highest BCUT2D eigenvalue weighted by molar-refractivity contribution is 5.94. The highest BCUT2D eigenvalue weighted by atomic mass is 19.1. The van der Waals surface area contributed by atoms with Crippen molar-refractivity contribution in [3.63, 3.8) is 0 Å². The van der Waals surface area contributed by atoms with Crippen molar-refractivity contribution in [2.45, 2.75) is 19.7 Å². The SMILES string of the molecule is C[NH+](C)Cc1ccccc1CNC(=O)c1cccc(OCc2ccc(F)cc2)c1. The molecule has 0 heterocycles. The number of nitrogens with one attached hydrogen (secondary N) is 2. The first-order chi connectivity index (χ1) is 14.0. The maximum Gasteiger partial charge on any atom is 0.251 e. The molecule has 3 rings (SSSR count). The standard InChI is InChI=1S/C24H25FN2O2/c1-27(2)16-21-7-4-3-6-20(21)15-26-24(28)19-8-5-9-23(14-19)29-17-18-10-12-22(25)13-11-18/h3-14H,15-17H2,1-2H3,(H,26,28)/p+1. The van der Waals surface area contributed by atoms with Gasteiger partial charge in [0.1, 0.15) is 24.7 Å². The molecule has 0 aliphatic carbocycles. The minimum absolute atomic E-state index is 0.149. The van der Waals surface area contributed by atoms with Crippen LogP contribution in [0.5, 0.6) is 5.75 Å². The number of benzene rings is 3. The van der Waals surface area contributed by atoms with Crippen molar-refractivity contribution in [1.29, 1.82) is 0 Å². The zero-order chi connectivity index (χ0) is 20.6. The quantitative estimate of drug-likeness (QED) is 0.618. The number of hydrogen-bond donors (Lipinski definition) is 2. The van der Waals surface area contributed by atoms with Gasteiger partial charge in [-0.1, -0.05) is 42.5 Å². The summed E-state index contributed by atoms with van der Waals surface area (Å²) in [4.78, 5) is 13.9. The molecule has 0 aliphatic heterocycles. The van der Waals surface area contributed by atoms with Crippen LogP contribution in [0.4, 0.5) is 4.39 Å². The van der Waals surface area contributed by atoms with E-state index in [-0.39, 0.29) is 11.7 Å². The average Bonchev–Trinajstić information content (AvgIpc) is 2.72. The lowest BCUT2D eigenvalue weighted by molar-refractivity contribution is -0.872. The van der Waals surface area contributed by atoms with Crippen LogP contribution < -0.4 is 15.0 Å². The first-order valence-electron chi connectivity index (χ1n) is 9.62. The van der Waals surface area contributed by atoms with Crippen molar-refractivity contribution in [2.75, 3.05) is 14.1 Å². The molecule has 1 amide bonds. The number of halogens is 1. The van der Waals surface area contributed by atoms with Crippen LogP contribution in [0.2, 0.25) is 0 Å². The molecule has 0 unspecified atom stereocenters. The Morgan fingerprint density at radius 3 is 2.41 bits per heavy atom. The Kier molecular flexibility index (Phi) is 6.98. The van der Waals surface area contributed by atoms with Crippen LogP contribution >= 0.6 is 0 Å². The van der Waals surface area contributed by atoms with Crippen LogP contribution in [0, 0.1) is 5.82 Å². The average molecular weight is 393 g/mol. The number of rotatable bonds is 8. The predicted octanol–water partition coefficient (Wildman–Crippen LogP) is 2.98. The van der Waals surface area contributed by atoms with E-state index in [0.717, 1.165) is 17.7 Å². The first kappa shape index (κ1) is 20.6. The van der Waals surface area contributed by atoms with Gasteiger partial charge in [-0.3, -0.25) is 4.79 Å². The van der Waals surface area contributed by atoms with Gasteiger partial charge in [0.25, 0.3) is 5.91 Å². The van der Waals surface area contributed by atoms with E-state index in [4.69, 9.17) is 4.74 Å². The minimum Gasteiger partial charge on any atom is -0.489 e. The van der Waals surface area contributed by atoms with E-state index < -0.39 is 0 Å². The lowest BCUT2D eigenvalue weighted by Gasteiger charge is -2.13. The van der Waals surface area contributed by atoms with Crippen LogP contribution in [0.25, 0.3) is 0 Å². The molecule has 0 saturated carbocycles. The third-order valence-electron chi connectivity index (χ3n) is 4.52. The second-order valence-corrected chi connectivity index (χ2v) is 7.28. The Bertz CT molecular complexity index is 955. The lowest BCUT2D eigenvalue weighted by Crippen LogP contribution is -3.04. The van der Waals surface area contributed by atoms with E-state index in [0.29, 0.717) is 24.5 Å². The summed E-state index contributed by atoms with van der Waals surface area (Å²) in [6.07, 6.45) is 0. The molecule has 0 radical (unpaired) electrons. The van der Waals surface area contributed by atoms with E-state index in [2.05, 4.69) is 25.5 Å². The number of quaternary nitrogens is 1. The normalized spacial score (nSPS) is 10.8. The van der Waals surface area contributed by atoms with Crippen molar-refractivity contribution in [3.8, 4) is 5.75 Å². The van der Waals surface area contributed by atoms with Crippen molar-refractivity contribution in [2.24, 2.45) is 0 Å². The second-order valence-electron chi connectivity index (χ2n) is 7.28. The van der Waals surface area contributed by atoms with Gasteiger partial charge in [0.2, 0.25) is 0 Å². The first-order valence-corrected chi connectivity index (χ1v) is 9.62. The molecule has 0 fully saturated rings. The van der Waals surface area contributed by atoms with E-state index in [1.54, 1.807) is 36.4 Å². The molecule has 2 N–H and O–H groups in total. The van der Waals surface area contributed by atoms with Gasteiger partial charge in [-0.2, -0.15) is 0 Å². The molecule has 3 aromatic carbocycles. The molecule has 3 aromatic rings. The van der Waals surface area contributed by atoms with E-state index in [1.807, 2.05) is 18.2 Å². The monoisotopic (exact) mass is 393 g/mol. The fraction of sp³-hybridized carbons (Fsp3) is 0.208. The van der Waals surface area contributed by atoms with Gasteiger partial charge in [-0.25, -0.2) is 4.39 Å². The number of carbonyl (C=O) groups is 1. The molecular weight excluding hydrogens is 367 g/mol. The second kappa shape index (κ2) is 9.85. The summed E-state index contributed by atoms with van der Waals surface area (Å²) in [5.41, 5.74) is 3.74. The van der Waals surface area contributed by atoms with Crippen molar-refractivity contribution < 1.29 is 18.8 Å². The maximum atomic E-state index is 13.0. The summed E-state index contributed by atoms with van der Waals surface area (Å²) >= 11 is 0. The van der Waals surface area contributed by atoms with Gasteiger partial charge in [0, 0.05) is 17.7 Å². The van der Waals surface area contributed by atoms with E-state index >= 15 is 0 Å². The minimum atomic E-state index is -0.277. The molecule has 0 atom stereocenters. The predicted molar refractivity (Wildman–Crippen MR) is 111 cm³/mol. The largest absolute Gasteiger partial charge is 0.489 e. The van der Waals surface area contributed by atoms with Crippen LogP contribution in [0.15, 0.2) is 72.8 Å². The molecule has 0 aliphatic rings. The van der Waals surface area contributed by atoms with Gasteiger partial charge in [-0.15, -0.1) is 0 Å². The zero-order valence-corrected chi connectivity index (χ0v) is 16.7.